The fraction of sp³-hybridized carbons (Fsp3) is 0.938. The summed E-state index contributed by atoms with van der Waals surface area (Å²) in [7, 11) is 0. The van der Waals surface area contributed by atoms with Crippen LogP contribution in [-0.4, -0.2) is 0 Å². The third-order valence-corrected chi connectivity index (χ3v) is 3.06. The lowest BCUT2D eigenvalue weighted by molar-refractivity contribution is 0.460. The lowest BCUT2D eigenvalue weighted by Crippen LogP contribution is -2.04. The van der Waals surface area contributed by atoms with E-state index in [1.807, 2.05) is 0 Å². The van der Waals surface area contributed by atoms with Gasteiger partial charge in [0.25, 0.3) is 0 Å². The summed E-state index contributed by atoms with van der Waals surface area (Å²) in [6.45, 7) is 9.16. The summed E-state index contributed by atoms with van der Waals surface area (Å²) in [6.07, 6.45) is 16.7. The highest BCUT2D eigenvalue weighted by atomic mass is 14.1. The van der Waals surface area contributed by atoms with Gasteiger partial charge < -0.3 is 0 Å². The molecule has 0 aliphatic carbocycles. The number of unbranched alkanes of at least 4 members (excludes halogenated alkanes) is 9. The van der Waals surface area contributed by atoms with E-state index < -0.39 is 0 Å². The third-order valence-electron chi connectivity index (χ3n) is 3.06. The van der Waals surface area contributed by atoms with Crippen molar-refractivity contribution in [2.45, 2.75) is 91.9 Å². The van der Waals surface area contributed by atoms with Crippen molar-refractivity contribution in [3.8, 4) is 0 Å². The van der Waals surface area contributed by atoms with Crippen molar-refractivity contribution < 1.29 is 0 Å². The predicted octanol–water partition coefficient (Wildman–Crippen LogP) is 6.16. The van der Waals surface area contributed by atoms with Crippen molar-refractivity contribution >= 4 is 0 Å². The van der Waals surface area contributed by atoms with Gasteiger partial charge in [-0.1, -0.05) is 85.5 Å². The fourth-order valence-corrected chi connectivity index (χ4v) is 1.99. The Morgan fingerprint density at radius 3 is 1.56 bits per heavy atom. The van der Waals surface area contributed by atoms with Crippen molar-refractivity contribution in [3.05, 3.63) is 6.42 Å². The molecule has 97 valence electrons. The van der Waals surface area contributed by atoms with Gasteiger partial charge in [0.1, 0.15) is 0 Å². The van der Waals surface area contributed by atoms with Crippen molar-refractivity contribution in [2.75, 3.05) is 0 Å². The molecule has 0 aromatic rings. The molecule has 0 spiro atoms. The maximum Gasteiger partial charge on any atom is -0.0332 e. The number of rotatable bonds is 10. The SMILES string of the molecule is CCCCCCCCCCC[CH]C(C)(C)C. The summed E-state index contributed by atoms with van der Waals surface area (Å²) in [5.74, 6) is 0. The van der Waals surface area contributed by atoms with Crippen LogP contribution in [0, 0.1) is 11.8 Å². The molecule has 0 saturated carbocycles. The first-order chi connectivity index (χ1) is 7.56. The van der Waals surface area contributed by atoms with E-state index in [2.05, 4.69) is 34.1 Å². The summed E-state index contributed by atoms with van der Waals surface area (Å²) in [5, 5.41) is 0. The average Bonchev–Trinajstić information content (AvgIpc) is 2.19. The van der Waals surface area contributed by atoms with E-state index >= 15 is 0 Å². The molecule has 0 bridgehead atoms. The molecular weight excluding hydrogens is 192 g/mol. The molecule has 0 heterocycles. The minimum atomic E-state index is 0.417. The Balaban J connectivity index is 2.99. The first kappa shape index (κ1) is 16.0. The molecule has 0 aliphatic rings. The second-order valence-electron chi connectivity index (χ2n) is 6.19. The molecule has 1 radical (unpaired) electrons. The van der Waals surface area contributed by atoms with E-state index in [1.165, 1.54) is 64.2 Å². The van der Waals surface area contributed by atoms with E-state index in [0.717, 1.165) is 0 Å². The van der Waals surface area contributed by atoms with Gasteiger partial charge in [-0.3, -0.25) is 0 Å². The van der Waals surface area contributed by atoms with Gasteiger partial charge in [0.2, 0.25) is 0 Å². The Morgan fingerprint density at radius 1 is 0.688 bits per heavy atom. The minimum Gasteiger partial charge on any atom is -0.0654 e. The summed E-state index contributed by atoms with van der Waals surface area (Å²) < 4.78 is 0. The van der Waals surface area contributed by atoms with E-state index in [4.69, 9.17) is 0 Å². The van der Waals surface area contributed by atoms with Crippen molar-refractivity contribution in [2.24, 2.45) is 5.41 Å². The molecule has 0 heteroatoms. The molecule has 0 aromatic heterocycles. The van der Waals surface area contributed by atoms with E-state index in [9.17, 15) is 0 Å². The van der Waals surface area contributed by atoms with Crippen LogP contribution in [0.15, 0.2) is 0 Å². The van der Waals surface area contributed by atoms with Crippen LogP contribution < -0.4 is 0 Å². The van der Waals surface area contributed by atoms with Crippen LogP contribution in [0.4, 0.5) is 0 Å². The van der Waals surface area contributed by atoms with Crippen molar-refractivity contribution in [3.63, 3.8) is 0 Å². The second kappa shape index (κ2) is 10.2. The van der Waals surface area contributed by atoms with Gasteiger partial charge in [-0.05, 0) is 18.3 Å². The molecule has 0 unspecified atom stereocenters. The lowest BCUT2D eigenvalue weighted by atomic mass is 9.89. The van der Waals surface area contributed by atoms with Crippen LogP contribution in [0.25, 0.3) is 0 Å². The summed E-state index contributed by atoms with van der Waals surface area (Å²) in [5.41, 5.74) is 0.417. The highest BCUT2D eigenvalue weighted by Crippen LogP contribution is 2.21. The van der Waals surface area contributed by atoms with E-state index in [0.29, 0.717) is 5.41 Å². The summed E-state index contributed by atoms with van der Waals surface area (Å²) >= 11 is 0. The molecular formula is C16H33. The Morgan fingerprint density at radius 2 is 1.12 bits per heavy atom. The van der Waals surface area contributed by atoms with Gasteiger partial charge in [0.05, 0.1) is 0 Å². The maximum atomic E-state index is 2.47. The summed E-state index contributed by atoms with van der Waals surface area (Å²) in [6, 6.07) is 0. The second-order valence-corrected chi connectivity index (χ2v) is 6.19. The third kappa shape index (κ3) is 14.0. The van der Waals surface area contributed by atoms with Crippen LogP contribution in [0.1, 0.15) is 91.9 Å². The first-order valence-electron chi connectivity index (χ1n) is 7.40. The van der Waals surface area contributed by atoms with Crippen LogP contribution >= 0.6 is 0 Å². The highest BCUT2D eigenvalue weighted by molar-refractivity contribution is 4.79. The molecule has 0 nitrogen and oxygen atoms in total. The van der Waals surface area contributed by atoms with Crippen LogP contribution in [0.2, 0.25) is 0 Å². The number of hydrogen-bond donors (Lipinski definition) is 0. The first-order valence-corrected chi connectivity index (χ1v) is 7.40. The average molecular weight is 225 g/mol. The van der Waals surface area contributed by atoms with Crippen LogP contribution in [0.3, 0.4) is 0 Å². The Hall–Kier alpha value is 0. The van der Waals surface area contributed by atoms with Gasteiger partial charge in [0, 0.05) is 0 Å². The largest absolute Gasteiger partial charge is 0.0654 e. The predicted molar refractivity (Wildman–Crippen MR) is 75.6 cm³/mol. The molecule has 0 saturated heterocycles. The van der Waals surface area contributed by atoms with E-state index in [1.54, 1.807) is 0 Å². The zero-order valence-electron chi connectivity index (χ0n) is 12.1. The Bertz CT molecular complexity index is 129. The van der Waals surface area contributed by atoms with Crippen LogP contribution in [0.5, 0.6) is 0 Å². The molecule has 0 amide bonds. The lowest BCUT2D eigenvalue weighted by Gasteiger charge is -2.16. The molecule has 0 rings (SSSR count). The molecule has 0 aliphatic heterocycles. The summed E-state index contributed by atoms with van der Waals surface area (Å²) in [4.78, 5) is 0. The van der Waals surface area contributed by atoms with Gasteiger partial charge in [-0.15, -0.1) is 0 Å². The topological polar surface area (TPSA) is 0 Å². The normalized spacial score (nSPS) is 12.0. The standard InChI is InChI=1S/C16H33/c1-5-6-7-8-9-10-11-12-13-14-15-16(2,3)4/h15H,5-14H2,1-4H3. The minimum absolute atomic E-state index is 0.417. The molecule has 0 N–H and O–H groups in total. The molecule has 0 atom stereocenters. The fourth-order valence-electron chi connectivity index (χ4n) is 1.99. The van der Waals surface area contributed by atoms with E-state index in [-0.39, 0.29) is 0 Å². The highest BCUT2D eigenvalue weighted by Gasteiger charge is 2.08. The number of hydrogen-bond acceptors (Lipinski definition) is 0. The monoisotopic (exact) mass is 225 g/mol. The van der Waals surface area contributed by atoms with Gasteiger partial charge >= 0.3 is 0 Å². The smallest absolute Gasteiger partial charge is 0.0332 e. The van der Waals surface area contributed by atoms with Crippen molar-refractivity contribution in [1.29, 1.82) is 0 Å². The van der Waals surface area contributed by atoms with Gasteiger partial charge in [-0.25, -0.2) is 0 Å². The molecule has 0 aromatic carbocycles. The maximum absolute atomic E-state index is 2.47. The van der Waals surface area contributed by atoms with Gasteiger partial charge in [0.15, 0.2) is 0 Å². The molecule has 0 fully saturated rings. The van der Waals surface area contributed by atoms with Crippen LogP contribution in [-0.2, 0) is 0 Å². The zero-order chi connectivity index (χ0) is 12.3. The molecule has 16 heavy (non-hydrogen) atoms. The Labute approximate surface area is 104 Å². The van der Waals surface area contributed by atoms with Crippen molar-refractivity contribution in [1.82, 2.24) is 0 Å². The Kier molecular flexibility index (Phi) is 10.2. The zero-order valence-corrected chi connectivity index (χ0v) is 12.1. The van der Waals surface area contributed by atoms with Gasteiger partial charge in [-0.2, -0.15) is 0 Å². The quantitative estimate of drug-likeness (QED) is 0.391.